The Kier molecular flexibility index (Phi) is 6.49. The van der Waals surface area contributed by atoms with Crippen LogP contribution in [0.4, 0.5) is 5.69 Å². The number of esters is 1. The van der Waals surface area contributed by atoms with E-state index >= 15 is 0 Å². The molecule has 0 amide bonds. The van der Waals surface area contributed by atoms with Gasteiger partial charge in [0.15, 0.2) is 0 Å². The SMILES string of the molecule is CCCC(C)c1ccc2c(c1)CCCC2CNc1cnccc1C(=O)OC. The minimum Gasteiger partial charge on any atom is -0.465 e. The third kappa shape index (κ3) is 4.49. The van der Waals surface area contributed by atoms with Gasteiger partial charge in [0.05, 0.1) is 24.6 Å². The van der Waals surface area contributed by atoms with Crippen molar-refractivity contribution < 1.29 is 9.53 Å². The van der Waals surface area contributed by atoms with Crippen LogP contribution in [0.15, 0.2) is 36.7 Å². The van der Waals surface area contributed by atoms with Crippen molar-refractivity contribution in [3.8, 4) is 0 Å². The van der Waals surface area contributed by atoms with Gasteiger partial charge in [-0.15, -0.1) is 0 Å². The summed E-state index contributed by atoms with van der Waals surface area (Å²) >= 11 is 0. The minimum atomic E-state index is -0.335. The molecular formula is C23H30N2O2. The predicted molar refractivity (Wildman–Crippen MR) is 110 cm³/mol. The lowest BCUT2D eigenvalue weighted by atomic mass is 9.80. The van der Waals surface area contributed by atoms with Crippen LogP contribution >= 0.6 is 0 Å². The summed E-state index contributed by atoms with van der Waals surface area (Å²) in [5.74, 6) is 0.741. The van der Waals surface area contributed by atoms with Gasteiger partial charge in [0, 0.05) is 18.7 Å². The molecule has 4 nitrogen and oxygen atoms in total. The molecule has 2 unspecified atom stereocenters. The fourth-order valence-corrected chi connectivity index (χ4v) is 4.11. The molecule has 144 valence electrons. The second kappa shape index (κ2) is 9.03. The van der Waals surface area contributed by atoms with Gasteiger partial charge in [-0.2, -0.15) is 0 Å². The summed E-state index contributed by atoms with van der Waals surface area (Å²) in [7, 11) is 1.40. The molecule has 1 aromatic carbocycles. The summed E-state index contributed by atoms with van der Waals surface area (Å²) in [6.45, 7) is 5.37. The second-order valence-corrected chi connectivity index (χ2v) is 7.53. The molecular weight excluding hydrogens is 336 g/mol. The molecule has 0 saturated carbocycles. The Morgan fingerprint density at radius 1 is 1.37 bits per heavy atom. The number of aromatic nitrogens is 1. The fraction of sp³-hybridized carbons (Fsp3) is 0.478. The number of ether oxygens (including phenoxy) is 1. The summed E-state index contributed by atoms with van der Waals surface area (Å²) in [6, 6.07) is 8.75. The van der Waals surface area contributed by atoms with Crippen molar-refractivity contribution in [1.82, 2.24) is 4.98 Å². The lowest BCUT2D eigenvalue weighted by molar-refractivity contribution is 0.0601. The first kappa shape index (κ1) is 19.4. The third-order valence-electron chi connectivity index (χ3n) is 5.66. The van der Waals surface area contributed by atoms with Crippen LogP contribution < -0.4 is 5.32 Å². The van der Waals surface area contributed by atoms with Crippen molar-refractivity contribution in [2.45, 2.75) is 57.8 Å². The van der Waals surface area contributed by atoms with E-state index in [4.69, 9.17) is 4.74 Å². The molecule has 0 bridgehead atoms. The fourth-order valence-electron chi connectivity index (χ4n) is 4.11. The average Bonchev–Trinajstić information content (AvgIpc) is 2.71. The number of nitrogens with one attached hydrogen (secondary N) is 1. The molecule has 1 heterocycles. The third-order valence-corrected chi connectivity index (χ3v) is 5.66. The highest BCUT2D eigenvalue weighted by Crippen LogP contribution is 2.34. The van der Waals surface area contributed by atoms with Crippen LogP contribution in [0.3, 0.4) is 0 Å². The van der Waals surface area contributed by atoms with Crippen LogP contribution in [-0.2, 0) is 11.2 Å². The zero-order valence-electron chi connectivity index (χ0n) is 16.6. The van der Waals surface area contributed by atoms with Crippen LogP contribution in [-0.4, -0.2) is 24.6 Å². The molecule has 1 aliphatic rings. The number of methoxy groups -OCH3 is 1. The maximum atomic E-state index is 11.9. The van der Waals surface area contributed by atoms with Gasteiger partial charge < -0.3 is 10.1 Å². The molecule has 27 heavy (non-hydrogen) atoms. The number of carbonyl (C=O) groups is 1. The Hall–Kier alpha value is -2.36. The summed E-state index contributed by atoms with van der Waals surface area (Å²) in [5.41, 5.74) is 5.68. The summed E-state index contributed by atoms with van der Waals surface area (Å²) in [6.07, 6.45) is 9.32. The van der Waals surface area contributed by atoms with Crippen LogP contribution in [0.2, 0.25) is 0 Å². The van der Waals surface area contributed by atoms with Crippen LogP contribution in [0.1, 0.15) is 78.4 Å². The van der Waals surface area contributed by atoms with E-state index in [1.54, 1.807) is 18.5 Å². The van der Waals surface area contributed by atoms with Gasteiger partial charge in [-0.05, 0) is 54.4 Å². The van der Waals surface area contributed by atoms with E-state index in [9.17, 15) is 4.79 Å². The van der Waals surface area contributed by atoms with Crippen LogP contribution in [0.5, 0.6) is 0 Å². The van der Waals surface area contributed by atoms with Crippen molar-refractivity contribution in [3.05, 3.63) is 58.9 Å². The molecule has 4 heteroatoms. The van der Waals surface area contributed by atoms with E-state index in [-0.39, 0.29) is 5.97 Å². The largest absolute Gasteiger partial charge is 0.465 e. The van der Waals surface area contributed by atoms with Gasteiger partial charge >= 0.3 is 5.97 Å². The quantitative estimate of drug-likeness (QED) is 0.675. The van der Waals surface area contributed by atoms with E-state index in [1.165, 1.54) is 49.5 Å². The van der Waals surface area contributed by atoms with Gasteiger partial charge in [-0.1, -0.05) is 38.5 Å². The molecule has 2 aromatic rings. The zero-order valence-corrected chi connectivity index (χ0v) is 16.6. The Morgan fingerprint density at radius 3 is 3.00 bits per heavy atom. The van der Waals surface area contributed by atoms with E-state index in [2.05, 4.69) is 42.3 Å². The lowest BCUT2D eigenvalue weighted by Crippen LogP contribution is -2.20. The maximum Gasteiger partial charge on any atom is 0.340 e. The van der Waals surface area contributed by atoms with E-state index in [1.807, 2.05) is 0 Å². The van der Waals surface area contributed by atoms with Crippen molar-refractivity contribution in [3.63, 3.8) is 0 Å². The van der Waals surface area contributed by atoms with Crippen LogP contribution in [0, 0.1) is 0 Å². The Morgan fingerprint density at radius 2 is 2.22 bits per heavy atom. The van der Waals surface area contributed by atoms with E-state index in [0.717, 1.165) is 18.7 Å². The molecule has 0 radical (unpaired) electrons. The number of fused-ring (bicyclic) bond motifs is 1. The summed E-state index contributed by atoms with van der Waals surface area (Å²) < 4.78 is 4.87. The number of nitrogens with zero attached hydrogens (tertiary/aromatic N) is 1. The number of rotatable bonds is 7. The number of anilines is 1. The topological polar surface area (TPSA) is 51.2 Å². The van der Waals surface area contributed by atoms with Gasteiger partial charge in [0.25, 0.3) is 0 Å². The maximum absolute atomic E-state index is 11.9. The molecule has 0 spiro atoms. The standard InChI is InChI=1S/C23H30N2O2/c1-4-6-16(2)17-9-10-20-18(13-17)7-5-8-19(20)14-25-22-15-24-12-11-21(22)23(26)27-3/h9-13,15-16,19,25H,4-8,14H2,1-3H3. The number of hydrogen-bond acceptors (Lipinski definition) is 4. The van der Waals surface area contributed by atoms with Gasteiger partial charge in [-0.25, -0.2) is 4.79 Å². The normalized spacial score (nSPS) is 17.1. The predicted octanol–water partition coefficient (Wildman–Crippen LogP) is 5.30. The molecule has 2 atom stereocenters. The summed E-state index contributed by atoms with van der Waals surface area (Å²) in [5, 5.41) is 3.43. The van der Waals surface area contributed by atoms with Gasteiger partial charge in [-0.3, -0.25) is 4.98 Å². The molecule has 1 aromatic heterocycles. The molecule has 1 aliphatic carbocycles. The van der Waals surface area contributed by atoms with E-state index < -0.39 is 0 Å². The van der Waals surface area contributed by atoms with E-state index in [0.29, 0.717) is 17.4 Å². The van der Waals surface area contributed by atoms with Crippen molar-refractivity contribution in [2.24, 2.45) is 0 Å². The second-order valence-electron chi connectivity index (χ2n) is 7.53. The first-order valence-electron chi connectivity index (χ1n) is 10.0. The van der Waals surface area contributed by atoms with Gasteiger partial charge in [0.1, 0.15) is 0 Å². The first-order valence-corrected chi connectivity index (χ1v) is 10.0. The number of hydrogen-bond donors (Lipinski definition) is 1. The average molecular weight is 367 g/mol. The van der Waals surface area contributed by atoms with Crippen molar-refractivity contribution in [2.75, 3.05) is 19.0 Å². The molecule has 0 aliphatic heterocycles. The molecule has 3 rings (SSSR count). The number of pyridine rings is 1. The number of carbonyl (C=O) groups excluding carboxylic acids is 1. The monoisotopic (exact) mass is 366 g/mol. The zero-order chi connectivity index (χ0) is 19.2. The number of benzene rings is 1. The van der Waals surface area contributed by atoms with Crippen molar-refractivity contribution >= 4 is 11.7 Å². The Labute approximate surface area is 162 Å². The Bertz CT molecular complexity index is 788. The highest BCUT2D eigenvalue weighted by atomic mass is 16.5. The Balaban J connectivity index is 1.75. The molecule has 0 saturated heterocycles. The summed E-state index contributed by atoms with van der Waals surface area (Å²) in [4.78, 5) is 16.1. The first-order chi connectivity index (χ1) is 13.1. The van der Waals surface area contributed by atoms with Crippen molar-refractivity contribution in [1.29, 1.82) is 0 Å². The lowest BCUT2D eigenvalue weighted by Gasteiger charge is -2.27. The highest BCUT2D eigenvalue weighted by molar-refractivity contribution is 5.95. The van der Waals surface area contributed by atoms with Gasteiger partial charge in [0.2, 0.25) is 0 Å². The minimum absolute atomic E-state index is 0.335. The molecule has 1 N–H and O–H groups in total. The smallest absolute Gasteiger partial charge is 0.340 e. The molecule has 0 fully saturated rings. The van der Waals surface area contributed by atoms with Crippen LogP contribution in [0.25, 0.3) is 0 Å². The highest BCUT2D eigenvalue weighted by Gasteiger charge is 2.22. The number of aryl methyl sites for hydroxylation is 1.